The third kappa shape index (κ3) is 4.21. The fourth-order valence-corrected chi connectivity index (χ4v) is 6.26. The Bertz CT molecular complexity index is 2410. The summed E-state index contributed by atoms with van der Waals surface area (Å²) >= 11 is 0. The maximum atomic E-state index is 8.66. The van der Waals surface area contributed by atoms with Crippen LogP contribution in [0.15, 0.2) is 146 Å². The number of hydrogen-bond donors (Lipinski definition) is 0. The monoisotopic (exact) mass is 556 g/mol. The molecule has 0 spiro atoms. The molecule has 0 fully saturated rings. The smallest absolute Gasteiger partial charge is 0.114 e. The first-order valence-corrected chi connectivity index (χ1v) is 14.3. The topological polar surface area (TPSA) is 30.7 Å². The average molecular weight is 557 g/mol. The molecule has 204 valence electrons. The molecule has 8 rings (SSSR count). The summed E-state index contributed by atoms with van der Waals surface area (Å²) in [6.45, 7) is -2.91. The average Bonchev–Trinajstić information content (AvgIpc) is 3.51. The highest BCUT2D eigenvalue weighted by Crippen LogP contribution is 2.44. The maximum Gasteiger partial charge on any atom is 0.114 e. The van der Waals surface area contributed by atoms with Crippen molar-refractivity contribution in [3.05, 3.63) is 152 Å². The Morgan fingerprint density at radius 1 is 0.605 bits per heavy atom. The molecule has 0 aliphatic heterocycles. The lowest BCUT2D eigenvalue weighted by Gasteiger charge is -2.18. The second-order valence-corrected chi connectivity index (χ2v) is 10.6. The zero-order valence-electron chi connectivity index (χ0n) is 28.2. The van der Waals surface area contributed by atoms with Crippen molar-refractivity contribution in [2.24, 2.45) is 0 Å². The molecule has 0 radical (unpaired) electrons. The number of imidazole rings is 1. The highest BCUT2D eigenvalue weighted by molar-refractivity contribution is 6.21. The van der Waals surface area contributed by atoms with Gasteiger partial charge in [-0.25, -0.2) is 4.98 Å². The summed E-state index contributed by atoms with van der Waals surface area (Å²) in [6.07, 6.45) is -0.882. The highest BCUT2D eigenvalue weighted by Gasteiger charge is 2.18. The Labute approximate surface area is 257 Å². The standard InChI is InChI=1S/C40H29N3/c1-2-38-42-36-19-7-8-20-37(36)43(38)30-13-11-12-29(26-30)40-33-16-5-3-14-31(33)39(32-15-4-6-17-34(32)40)28-23-21-27(22-24-28)35-18-9-10-25-41-35/h3-26H,2H2,1H3/i1D3,2D2. The van der Waals surface area contributed by atoms with E-state index in [4.69, 9.17) is 6.85 Å². The third-order valence-corrected chi connectivity index (χ3v) is 8.13. The molecule has 0 aliphatic carbocycles. The minimum Gasteiger partial charge on any atom is -0.296 e. The molecule has 0 unspecified atom stereocenters. The van der Waals surface area contributed by atoms with Gasteiger partial charge in [0.25, 0.3) is 0 Å². The van der Waals surface area contributed by atoms with Crippen LogP contribution in [-0.4, -0.2) is 14.5 Å². The van der Waals surface area contributed by atoms with Crippen molar-refractivity contribution in [3.8, 4) is 39.2 Å². The fourth-order valence-electron chi connectivity index (χ4n) is 6.26. The number of para-hydroxylation sites is 2. The minimum absolute atomic E-state index is 0.153. The van der Waals surface area contributed by atoms with Crippen LogP contribution in [0.2, 0.25) is 0 Å². The van der Waals surface area contributed by atoms with E-state index in [0.717, 1.165) is 55.1 Å². The molecule has 2 aromatic heterocycles. The summed E-state index contributed by atoms with van der Waals surface area (Å²) in [6, 6.07) is 46.4. The van der Waals surface area contributed by atoms with E-state index in [1.807, 2.05) is 66.7 Å². The van der Waals surface area contributed by atoms with E-state index in [0.29, 0.717) is 16.7 Å². The molecule has 0 amide bonds. The maximum absolute atomic E-state index is 8.66. The van der Waals surface area contributed by atoms with E-state index >= 15 is 0 Å². The van der Waals surface area contributed by atoms with Crippen LogP contribution in [0.25, 0.3) is 71.8 Å². The minimum atomic E-state index is -2.91. The quantitative estimate of drug-likeness (QED) is 0.197. The summed E-state index contributed by atoms with van der Waals surface area (Å²) in [5, 5.41) is 4.36. The predicted molar refractivity (Wildman–Crippen MR) is 180 cm³/mol. The van der Waals surface area contributed by atoms with Gasteiger partial charge in [-0.3, -0.25) is 9.55 Å². The van der Waals surface area contributed by atoms with Crippen molar-refractivity contribution in [2.45, 2.75) is 13.2 Å². The summed E-state index contributed by atoms with van der Waals surface area (Å²) in [7, 11) is 0. The van der Waals surface area contributed by atoms with Crippen molar-refractivity contribution < 1.29 is 6.85 Å². The van der Waals surface area contributed by atoms with Crippen LogP contribution in [0.3, 0.4) is 0 Å². The number of aromatic nitrogens is 3. The van der Waals surface area contributed by atoms with Gasteiger partial charge < -0.3 is 0 Å². The van der Waals surface area contributed by atoms with E-state index in [-0.39, 0.29) is 5.82 Å². The van der Waals surface area contributed by atoms with Gasteiger partial charge in [0.05, 0.1) is 16.7 Å². The van der Waals surface area contributed by atoms with Crippen molar-refractivity contribution in [2.75, 3.05) is 0 Å². The van der Waals surface area contributed by atoms with Crippen LogP contribution in [0, 0.1) is 0 Å². The molecule has 0 saturated carbocycles. The van der Waals surface area contributed by atoms with Crippen LogP contribution in [0.5, 0.6) is 0 Å². The largest absolute Gasteiger partial charge is 0.296 e. The van der Waals surface area contributed by atoms with Crippen LogP contribution in [0.1, 0.15) is 19.5 Å². The van der Waals surface area contributed by atoms with Crippen LogP contribution < -0.4 is 0 Å². The Hall–Kier alpha value is -5.54. The van der Waals surface area contributed by atoms with Gasteiger partial charge in [0, 0.05) is 30.7 Å². The molecule has 3 heteroatoms. The number of nitrogens with zero attached hydrogens (tertiary/aromatic N) is 3. The summed E-state index contributed by atoms with van der Waals surface area (Å²) in [4.78, 5) is 9.04. The van der Waals surface area contributed by atoms with E-state index < -0.39 is 13.2 Å². The lowest BCUT2D eigenvalue weighted by molar-refractivity contribution is 0.908. The van der Waals surface area contributed by atoms with Gasteiger partial charge >= 0.3 is 0 Å². The number of rotatable bonds is 5. The number of benzene rings is 6. The summed E-state index contributed by atoms with van der Waals surface area (Å²) in [5.74, 6) is -0.153. The summed E-state index contributed by atoms with van der Waals surface area (Å²) in [5.41, 5.74) is 7.98. The molecule has 0 saturated heterocycles. The van der Waals surface area contributed by atoms with Crippen molar-refractivity contribution in [3.63, 3.8) is 0 Å². The number of pyridine rings is 1. The molecule has 43 heavy (non-hydrogen) atoms. The zero-order chi connectivity index (χ0) is 33.0. The van der Waals surface area contributed by atoms with Gasteiger partial charge in [0.2, 0.25) is 0 Å². The van der Waals surface area contributed by atoms with Gasteiger partial charge in [0.1, 0.15) is 5.82 Å². The lowest BCUT2D eigenvalue weighted by Crippen LogP contribution is -2.00. The molecule has 3 nitrogen and oxygen atoms in total. The van der Waals surface area contributed by atoms with Crippen molar-refractivity contribution in [1.82, 2.24) is 14.5 Å². The van der Waals surface area contributed by atoms with Gasteiger partial charge in [0.15, 0.2) is 0 Å². The number of aryl methyl sites for hydroxylation is 1. The highest BCUT2D eigenvalue weighted by atomic mass is 15.1. The van der Waals surface area contributed by atoms with E-state index in [2.05, 4.69) is 76.7 Å². The molecular weight excluding hydrogens is 522 g/mol. The first-order chi connectivity index (χ1) is 23.2. The van der Waals surface area contributed by atoms with Crippen LogP contribution in [-0.2, 0) is 6.37 Å². The SMILES string of the molecule is [2H]C([2H])([2H])C([2H])([2H])c1nc2ccccc2n1-c1cccc(-c2c3ccccc3c(-c3ccc(-c4ccccn4)cc3)c3ccccc23)c1. The Morgan fingerprint density at radius 2 is 1.23 bits per heavy atom. The van der Waals surface area contributed by atoms with E-state index in [1.54, 1.807) is 16.8 Å². The summed E-state index contributed by atoms with van der Waals surface area (Å²) < 4.78 is 43.0. The fraction of sp³-hybridized carbons (Fsp3) is 0.0500. The third-order valence-electron chi connectivity index (χ3n) is 8.13. The molecule has 6 aromatic carbocycles. The first-order valence-electron chi connectivity index (χ1n) is 16.8. The Kier molecular flexibility index (Phi) is 4.91. The number of hydrogen-bond acceptors (Lipinski definition) is 2. The Morgan fingerprint density at radius 3 is 1.91 bits per heavy atom. The molecular formula is C40H29N3. The van der Waals surface area contributed by atoms with Crippen molar-refractivity contribution in [1.29, 1.82) is 0 Å². The zero-order valence-corrected chi connectivity index (χ0v) is 23.2. The van der Waals surface area contributed by atoms with E-state index in [1.165, 1.54) is 0 Å². The Balaban J connectivity index is 1.36. The first kappa shape index (κ1) is 20.4. The van der Waals surface area contributed by atoms with Gasteiger partial charge in [-0.1, -0.05) is 110 Å². The second-order valence-electron chi connectivity index (χ2n) is 10.6. The molecule has 0 atom stereocenters. The van der Waals surface area contributed by atoms with Gasteiger partial charge in [-0.2, -0.15) is 0 Å². The second kappa shape index (κ2) is 10.4. The molecule has 0 aliphatic rings. The molecule has 2 heterocycles. The van der Waals surface area contributed by atoms with Crippen LogP contribution >= 0.6 is 0 Å². The van der Waals surface area contributed by atoms with Gasteiger partial charge in [-0.05, 0) is 80.2 Å². The van der Waals surface area contributed by atoms with Crippen LogP contribution in [0.4, 0.5) is 0 Å². The molecule has 0 N–H and O–H groups in total. The van der Waals surface area contributed by atoms with Crippen molar-refractivity contribution >= 4 is 32.6 Å². The van der Waals surface area contributed by atoms with Gasteiger partial charge in [-0.15, -0.1) is 0 Å². The van der Waals surface area contributed by atoms with E-state index in [9.17, 15) is 0 Å². The number of fused-ring (bicyclic) bond motifs is 3. The normalized spacial score (nSPS) is 13.8. The lowest BCUT2D eigenvalue weighted by atomic mass is 9.85. The molecule has 8 aromatic rings. The predicted octanol–water partition coefficient (Wildman–Crippen LogP) is 10.3. The molecule has 0 bridgehead atoms.